The first-order valence-corrected chi connectivity index (χ1v) is 10.9. The van der Waals surface area contributed by atoms with Crippen LogP contribution in [0.5, 0.6) is 0 Å². The maximum absolute atomic E-state index is 14.5. The molecule has 0 saturated heterocycles. The molecule has 0 radical (unpaired) electrons. The highest BCUT2D eigenvalue weighted by Gasteiger charge is 2.70. The lowest BCUT2D eigenvalue weighted by Gasteiger charge is -2.56. The Labute approximate surface area is 171 Å². The minimum Gasteiger partial charge on any atom is -0.396 e. The van der Waals surface area contributed by atoms with Crippen molar-refractivity contribution in [1.29, 1.82) is 0 Å². The SMILES string of the molecule is O=C1CC[C@H]2C(=C1Cl)CC[C@@H]1[C@@H]2CCC2(C(CO)C(F)(F)C(F)(F)F)CCC[C@@H]12. The number of hydrogen-bond donors (Lipinski definition) is 1. The fourth-order valence-corrected chi connectivity index (χ4v) is 7.73. The fraction of sp³-hybridized carbons (Fsp3) is 0.857. The normalized spacial score (nSPS) is 39.1. The molecule has 0 spiro atoms. The summed E-state index contributed by atoms with van der Waals surface area (Å²) in [6, 6.07) is 0. The number of fused-ring (bicyclic) bond motifs is 5. The Hall–Kier alpha value is -0.690. The molecule has 0 aromatic heterocycles. The largest absolute Gasteiger partial charge is 0.453 e. The lowest BCUT2D eigenvalue weighted by Crippen LogP contribution is -2.57. The molecule has 4 rings (SSSR count). The summed E-state index contributed by atoms with van der Waals surface area (Å²) in [5.74, 6) is -6.94. The maximum Gasteiger partial charge on any atom is 0.453 e. The lowest BCUT2D eigenvalue weighted by molar-refractivity contribution is -0.326. The molecule has 0 bridgehead atoms. The summed E-state index contributed by atoms with van der Waals surface area (Å²) in [4.78, 5) is 12.0. The summed E-state index contributed by atoms with van der Waals surface area (Å²) in [7, 11) is 0. The molecular weight excluding hydrogens is 415 g/mol. The Morgan fingerprint density at radius 2 is 1.76 bits per heavy atom. The number of hydrogen-bond acceptors (Lipinski definition) is 2. The molecule has 0 aromatic rings. The van der Waals surface area contributed by atoms with Gasteiger partial charge in [0.1, 0.15) is 0 Å². The standard InChI is InChI=1S/C21H26ClF5O2/c22-18-14-4-3-13-12(11(14)5-6-16(18)29)7-9-19(8-1-2-15(13)19)17(10-28)20(23,24)21(25,26)27/h11-13,15,17,28H,1-10H2/t11-,12-,13-,15+,17?,19?/m1/s1. The minimum absolute atomic E-state index is 0.0486. The van der Waals surface area contributed by atoms with Gasteiger partial charge in [0.2, 0.25) is 0 Å². The van der Waals surface area contributed by atoms with Gasteiger partial charge in [-0.1, -0.05) is 18.0 Å². The number of aliphatic hydroxyl groups is 1. The lowest BCUT2D eigenvalue weighted by atomic mass is 9.49. The number of Topliss-reactive ketones (excluding diaryl/α,β-unsaturated/α-hetero) is 1. The number of carbonyl (C=O) groups is 1. The number of halogens is 6. The topological polar surface area (TPSA) is 37.3 Å². The van der Waals surface area contributed by atoms with Crippen LogP contribution in [0.4, 0.5) is 22.0 Å². The van der Waals surface area contributed by atoms with Crippen LogP contribution in [0.15, 0.2) is 10.6 Å². The van der Waals surface area contributed by atoms with E-state index in [2.05, 4.69) is 0 Å². The van der Waals surface area contributed by atoms with E-state index in [0.717, 1.165) is 5.57 Å². The molecule has 4 aliphatic carbocycles. The predicted molar refractivity (Wildman–Crippen MR) is 97.4 cm³/mol. The first kappa shape index (κ1) is 21.5. The maximum atomic E-state index is 14.5. The molecule has 0 amide bonds. The van der Waals surface area contributed by atoms with Crippen molar-refractivity contribution in [2.24, 2.45) is 35.0 Å². The summed E-state index contributed by atoms with van der Waals surface area (Å²) in [5, 5.41) is 10.0. The highest BCUT2D eigenvalue weighted by atomic mass is 35.5. The molecule has 2 nitrogen and oxygen atoms in total. The molecule has 3 fully saturated rings. The van der Waals surface area contributed by atoms with E-state index in [1.165, 1.54) is 0 Å². The van der Waals surface area contributed by atoms with E-state index < -0.39 is 30.0 Å². The summed E-state index contributed by atoms with van der Waals surface area (Å²) < 4.78 is 68.5. The van der Waals surface area contributed by atoms with E-state index in [4.69, 9.17) is 11.6 Å². The second-order valence-corrected chi connectivity index (χ2v) is 9.78. The van der Waals surface area contributed by atoms with Crippen molar-refractivity contribution in [3.63, 3.8) is 0 Å². The molecule has 6 atom stereocenters. The molecule has 164 valence electrons. The van der Waals surface area contributed by atoms with E-state index in [-0.39, 0.29) is 35.9 Å². The molecule has 1 N–H and O–H groups in total. The Balaban J connectivity index is 1.67. The van der Waals surface area contributed by atoms with Crippen LogP contribution in [0.3, 0.4) is 0 Å². The van der Waals surface area contributed by atoms with Gasteiger partial charge in [-0.2, -0.15) is 22.0 Å². The molecule has 0 aliphatic heterocycles. The van der Waals surface area contributed by atoms with Gasteiger partial charge in [0.15, 0.2) is 5.78 Å². The van der Waals surface area contributed by atoms with Crippen molar-refractivity contribution in [2.45, 2.75) is 69.9 Å². The summed E-state index contributed by atoms with van der Waals surface area (Å²) >= 11 is 6.27. The Kier molecular flexibility index (Phi) is 5.33. The second-order valence-electron chi connectivity index (χ2n) is 9.40. The zero-order chi connectivity index (χ0) is 21.2. The van der Waals surface area contributed by atoms with Crippen molar-refractivity contribution in [3.05, 3.63) is 10.6 Å². The van der Waals surface area contributed by atoms with E-state index in [1.54, 1.807) is 0 Å². The molecule has 0 heterocycles. The summed E-state index contributed by atoms with van der Waals surface area (Å²) in [6.45, 7) is -1.16. The van der Waals surface area contributed by atoms with Crippen molar-refractivity contribution < 1.29 is 31.9 Å². The summed E-state index contributed by atoms with van der Waals surface area (Å²) in [6.07, 6.45) is -0.948. The smallest absolute Gasteiger partial charge is 0.396 e. The van der Waals surface area contributed by atoms with Crippen LogP contribution in [0.2, 0.25) is 0 Å². The zero-order valence-electron chi connectivity index (χ0n) is 16.1. The van der Waals surface area contributed by atoms with Gasteiger partial charge in [0.05, 0.1) is 17.6 Å². The number of aliphatic hydroxyl groups excluding tert-OH is 1. The zero-order valence-corrected chi connectivity index (χ0v) is 16.8. The summed E-state index contributed by atoms with van der Waals surface area (Å²) in [5.41, 5.74) is -0.209. The van der Waals surface area contributed by atoms with Gasteiger partial charge in [-0.15, -0.1) is 0 Å². The molecular formula is C21H26ClF5O2. The number of ketones is 1. The van der Waals surface area contributed by atoms with E-state index in [0.29, 0.717) is 56.4 Å². The van der Waals surface area contributed by atoms with E-state index in [9.17, 15) is 31.9 Å². The van der Waals surface area contributed by atoms with E-state index >= 15 is 0 Å². The Morgan fingerprint density at radius 3 is 2.41 bits per heavy atom. The third-order valence-electron chi connectivity index (χ3n) is 8.52. The average Bonchev–Trinajstić information content (AvgIpc) is 3.08. The highest BCUT2D eigenvalue weighted by molar-refractivity contribution is 6.43. The van der Waals surface area contributed by atoms with Crippen LogP contribution in [0.1, 0.15) is 57.8 Å². The molecule has 4 aliphatic rings. The highest BCUT2D eigenvalue weighted by Crippen LogP contribution is 2.67. The van der Waals surface area contributed by atoms with Crippen molar-refractivity contribution in [1.82, 2.24) is 0 Å². The number of rotatable bonds is 3. The molecule has 29 heavy (non-hydrogen) atoms. The Bertz CT molecular complexity index is 718. The van der Waals surface area contributed by atoms with Gasteiger partial charge >= 0.3 is 12.1 Å². The third kappa shape index (κ3) is 3.08. The molecule has 8 heteroatoms. The van der Waals surface area contributed by atoms with Gasteiger partial charge in [-0.3, -0.25) is 4.79 Å². The fourth-order valence-electron chi connectivity index (χ4n) is 7.40. The second kappa shape index (κ2) is 7.18. The van der Waals surface area contributed by atoms with Gasteiger partial charge in [-0.25, -0.2) is 0 Å². The first-order chi connectivity index (χ1) is 13.5. The van der Waals surface area contributed by atoms with Crippen LogP contribution >= 0.6 is 11.6 Å². The van der Waals surface area contributed by atoms with Crippen molar-refractivity contribution in [3.8, 4) is 0 Å². The number of allylic oxidation sites excluding steroid dienone is 1. The number of carbonyl (C=O) groups excluding carboxylic acids is 1. The van der Waals surface area contributed by atoms with Crippen LogP contribution in [-0.4, -0.2) is 29.6 Å². The van der Waals surface area contributed by atoms with Crippen LogP contribution in [0.25, 0.3) is 0 Å². The molecule has 2 unspecified atom stereocenters. The van der Waals surface area contributed by atoms with E-state index in [1.807, 2.05) is 0 Å². The first-order valence-electron chi connectivity index (χ1n) is 10.5. The quantitative estimate of drug-likeness (QED) is 0.557. The molecule has 3 saturated carbocycles. The van der Waals surface area contributed by atoms with Crippen molar-refractivity contribution >= 4 is 17.4 Å². The third-order valence-corrected chi connectivity index (χ3v) is 8.97. The number of alkyl halides is 5. The van der Waals surface area contributed by atoms with Gasteiger partial charge in [0.25, 0.3) is 0 Å². The Morgan fingerprint density at radius 1 is 1.03 bits per heavy atom. The van der Waals surface area contributed by atoms with Crippen LogP contribution in [0, 0.1) is 35.0 Å². The minimum atomic E-state index is -5.67. The van der Waals surface area contributed by atoms with Crippen molar-refractivity contribution in [2.75, 3.05) is 6.61 Å². The van der Waals surface area contributed by atoms with Crippen LogP contribution < -0.4 is 0 Å². The van der Waals surface area contributed by atoms with Crippen LogP contribution in [-0.2, 0) is 4.79 Å². The van der Waals surface area contributed by atoms with Gasteiger partial charge < -0.3 is 5.11 Å². The molecule has 0 aromatic carbocycles. The van der Waals surface area contributed by atoms with Gasteiger partial charge in [-0.05, 0) is 79.6 Å². The average molecular weight is 441 g/mol. The predicted octanol–water partition coefficient (Wildman–Crippen LogP) is 5.87. The monoisotopic (exact) mass is 440 g/mol. The van der Waals surface area contributed by atoms with Gasteiger partial charge in [0, 0.05) is 6.42 Å².